The molecule has 0 aromatic carbocycles. The molecule has 5 heteroatoms. The van der Waals surface area contributed by atoms with E-state index in [1.807, 2.05) is 0 Å². The molecule has 5 heavy (non-hydrogen) atoms. The summed E-state index contributed by atoms with van der Waals surface area (Å²) in [5.41, 5.74) is 0. The van der Waals surface area contributed by atoms with Gasteiger partial charge in [0.2, 0.25) is 0 Å². The summed E-state index contributed by atoms with van der Waals surface area (Å²) in [6.45, 7) is 0. The van der Waals surface area contributed by atoms with Crippen molar-refractivity contribution in [2.45, 2.75) is 0 Å². The van der Waals surface area contributed by atoms with Gasteiger partial charge < -0.3 is 24.8 Å². The molecule has 0 aromatic heterocycles. The van der Waals surface area contributed by atoms with Crippen LogP contribution in [0.25, 0.3) is 0 Å². The van der Waals surface area contributed by atoms with Crippen molar-refractivity contribution in [3.8, 4) is 0 Å². The number of halogens is 2. The van der Waals surface area contributed by atoms with Gasteiger partial charge in [-0.3, -0.25) is 0 Å². The van der Waals surface area contributed by atoms with E-state index in [4.69, 9.17) is 7.01 Å². The summed E-state index contributed by atoms with van der Waals surface area (Å²) in [4.78, 5) is 0. The van der Waals surface area contributed by atoms with Crippen molar-refractivity contribution in [2.24, 2.45) is 0 Å². The Balaban J connectivity index is -0.0000000200. The second-order valence-corrected chi connectivity index (χ2v) is 0.455. The molecule has 0 N–H and O–H groups in total. The first kappa shape index (κ1) is 17.0. The van der Waals surface area contributed by atoms with Gasteiger partial charge in [0.15, 0.2) is 0 Å². The summed E-state index contributed by atoms with van der Waals surface area (Å²) in [5.74, 6) is 0. The SMILES string of the molecule is [Cl-].[Cl-].[O]=[Ir+2]=[O]. The van der Waals surface area contributed by atoms with Crippen LogP contribution < -0.4 is 24.8 Å². The fourth-order valence-corrected chi connectivity index (χ4v) is 0. The first-order valence-corrected chi connectivity index (χ1v) is 2.23. The summed E-state index contributed by atoms with van der Waals surface area (Å²) in [6.07, 6.45) is 0. The zero-order valence-electron chi connectivity index (χ0n) is 1.91. The molecule has 0 heterocycles. The second-order valence-electron chi connectivity index (χ2n) is 0.0556. The Hall–Kier alpha value is 0.829. The molecule has 0 fully saturated rings. The summed E-state index contributed by atoms with van der Waals surface area (Å²) in [7, 11) is 0. The molecular formula is Cl2IrO2. The quantitative estimate of drug-likeness (QED) is 0.446. The van der Waals surface area contributed by atoms with Crippen LogP contribution in [0.4, 0.5) is 0 Å². The van der Waals surface area contributed by atoms with E-state index in [0.29, 0.717) is 0 Å². The Bertz CT molecular complexity index is 28.6. The topological polar surface area (TPSA) is 34.1 Å². The Morgan fingerprint density at radius 1 is 1.00 bits per heavy atom. The number of rotatable bonds is 0. The fourth-order valence-electron chi connectivity index (χ4n) is 0. The summed E-state index contributed by atoms with van der Waals surface area (Å²) in [6, 6.07) is 0. The van der Waals surface area contributed by atoms with Gasteiger partial charge in [-0.2, -0.15) is 0 Å². The molecule has 0 radical (unpaired) electrons. The molecule has 0 saturated carbocycles. The number of hydrogen-bond donors (Lipinski definition) is 0. The van der Waals surface area contributed by atoms with Crippen LogP contribution in [0.5, 0.6) is 0 Å². The molecule has 0 amide bonds. The van der Waals surface area contributed by atoms with Crippen LogP contribution in [0.2, 0.25) is 0 Å². The third-order valence-corrected chi connectivity index (χ3v) is 0. The summed E-state index contributed by atoms with van der Waals surface area (Å²) in [5, 5.41) is 0. The third-order valence-electron chi connectivity index (χ3n) is 0. The normalized spacial score (nSPS) is 2.40. The van der Waals surface area contributed by atoms with Crippen molar-refractivity contribution in [1.29, 1.82) is 0 Å². The van der Waals surface area contributed by atoms with Gasteiger partial charge in [-0.15, -0.1) is 0 Å². The van der Waals surface area contributed by atoms with Crippen LogP contribution in [-0.4, -0.2) is 0 Å². The van der Waals surface area contributed by atoms with E-state index in [2.05, 4.69) is 0 Å². The first-order valence-electron chi connectivity index (χ1n) is 0.272. The molecular weight excluding hydrogens is 295 g/mol. The Kier molecular flexibility index (Phi) is 71.9. The average Bonchev–Trinajstić information content (AvgIpc) is 0.918. The van der Waals surface area contributed by atoms with E-state index < -0.39 is 17.6 Å². The minimum absolute atomic E-state index is 0. The van der Waals surface area contributed by atoms with Crippen LogP contribution in [0.15, 0.2) is 0 Å². The van der Waals surface area contributed by atoms with Crippen molar-refractivity contribution >= 4 is 0 Å². The van der Waals surface area contributed by atoms with Crippen LogP contribution in [0, 0.1) is 0 Å². The molecule has 0 aliphatic heterocycles. The van der Waals surface area contributed by atoms with Gasteiger partial charge in [0, 0.05) is 0 Å². The first-order chi connectivity index (χ1) is 1.41. The molecule has 0 unspecified atom stereocenters. The van der Waals surface area contributed by atoms with Crippen LogP contribution in [0.3, 0.4) is 0 Å². The van der Waals surface area contributed by atoms with Gasteiger partial charge in [0.25, 0.3) is 0 Å². The molecule has 0 saturated heterocycles. The van der Waals surface area contributed by atoms with Gasteiger partial charge in [-0.1, -0.05) is 0 Å². The molecule has 0 spiro atoms. The predicted molar refractivity (Wildman–Crippen MR) is 1.37 cm³/mol. The van der Waals surface area contributed by atoms with Crippen LogP contribution >= 0.6 is 0 Å². The zero-order chi connectivity index (χ0) is 2.71. The van der Waals surface area contributed by atoms with Gasteiger partial charge in [0.05, 0.1) is 0 Å². The van der Waals surface area contributed by atoms with Gasteiger partial charge in [0.1, 0.15) is 0 Å². The van der Waals surface area contributed by atoms with E-state index in [1.165, 1.54) is 0 Å². The zero-order valence-corrected chi connectivity index (χ0v) is 5.81. The monoisotopic (exact) mass is 295 g/mol. The minimum atomic E-state index is -2.00. The van der Waals surface area contributed by atoms with Gasteiger partial charge in [-0.05, 0) is 0 Å². The summed E-state index contributed by atoms with van der Waals surface area (Å²) >= 11 is -2.00. The van der Waals surface area contributed by atoms with Crippen LogP contribution in [-0.2, 0) is 24.6 Å². The Labute approximate surface area is 49.7 Å². The van der Waals surface area contributed by atoms with Crippen molar-refractivity contribution in [2.75, 3.05) is 0 Å². The molecule has 0 aliphatic rings. The number of hydrogen-bond acceptors (Lipinski definition) is 2. The Morgan fingerprint density at radius 2 is 1.00 bits per heavy atom. The fraction of sp³-hybridized carbons (Fsp3) is 0. The van der Waals surface area contributed by atoms with E-state index >= 15 is 0 Å². The molecule has 2 nitrogen and oxygen atoms in total. The third kappa shape index (κ3) is 56.2. The van der Waals surface area contributed by atoms with E-state index in [1.54, 1.807) is 0 Å². The maximum absolute atomic E-state index is 8.50. The molecule has 0 rings (SSSR count). The maximum atomic E-state index is 8.50. The average molecular weight is 295 g/mol. The van der Waals surface area contributed by atoms with Crippen molar-refractivity contribution in [1.82, 2.24) is 0 Å². The Morgan fingerprint density at radius 3 is 1.00 bits per heavy atom. The van der Waals surface area contributed by atoms with Crippen molar-refractivity contribution < 1.29 is 49.4 Å². The second kappa shape index (κ2) is 21.2. The standard InChI is InChI=1S/2ClH.Ir.2O/h2*1H;;;/q;;+2;;/p-2. The molecule has 35 valence electrons. The predicted octanol–water partition coefficient (Wildman–Crippen LogP) is -6.23. The van der Waals surface area contributed by atoms with Crippen LogP contribution in [0.1, 0.15) is 0 Å². The van der Waals surface area contributed by atoms with Gasteiger partial charge in [-0.25, -0.2) is 0 Å². The van der Waals surface area contributed by atoms with Crippen molar-refractivity contribution in [3.63, 3.8) is 0 Å². The molecule has 0 aliphatic carbocycles. The van der Waals surface area contributed by atoms with E-state index in [-0.39, 0.29) is 24.8 Å². The molecule has 0 aromatic rings. The molecule has 0 atom stereocenters. The van der Waals surface area contributed by atoms with Gasteiger partial charge >= 0.3 is 24.6 Å². The summed E-state index contributed by atoms with van der Waals surface area (Å²) < 4.78 is 17.0. The van der Waals surface area contributed by atoms with E-state index in [9.17, 15) is 0 Å². The van der Waals surface area contributed by atoms with E-state index in [0.717, 1.165) is 0 Å². The molecule has 0 bridgehead atoms. The van der Waals surface area contributed by atoms with Crippen molar-refractivity contribution in [3.05, 3.63) is 0 Å².